The van der Waals surface area contributed by atoms with Crippen molar-refractivity contribution in [2.75, 3.05) is 31.1 Å². The Morgan fingerprint density at radius 2 is 1.82 bits per heavy atom. The Kier molecular flexibility index (Phi) is 5.98. The molecule has 1 fully saturated rings. The molecule has 1 aromatic heterocycles. The van der Waals surface area contributed by atoms with Crippen LogP contribution in [0.25, 0.3) is 0 Å². The van der Waals surface area contributed by atoms with Crippen molar-refractivity contribution >= 4 is 23.4 Å². The van der Waals surface area contributed by atoms with Crippen molar-refractivity contribution in [1.82, 2.24) is 15.2 Å². The molecular weight excluding hydrogens is 393 g/mol. The van der Waals surface area contributed by atoms with Crippen molar-refractivity contribution in [3.05, 3.63) is 58.7 Å². The van der Waals surface area contributed by atoms with Gasteiger partial charge in [-0.1, -0.05) is 41.9 Å². The van der Waals surface area contributed by atoms with Crippen LogP contribution in [0.4, 0.5) is 23.8 Å². The number of hydrogen-bond acceptors (Lipinski definition) is 3. The van der Waals surface area contributed by atoms with E-state index < -0.39 is 11.7 Å². The van der Waals surface area contributed by atoms with E-state index in [-0.39, 0.29) is 17.1 Å². The zero-order valence-electron chi connectivity index (χ0n) is 15.2. The second-order valence-electron chi connectivity index (χ2n) is 6.58. The number of carbonyl (C=O) groups excluding carboxylic acids is 1. The molecule has 2 heterocycles. The molecule has 1 saturated heterocycles. The second-order valence-corrected chi connectivity index (χ2v) is 6.99. The molecule has 3 rings (SSSR count). The lowest BCUT2D eigenvalue weighted by Gasteiger charge is -2.36. The Labute approximate surface area is 166 Å². The molecule has 150 valence electrons. The van der Waals surface area contributed by atoms with Crippen LogP contribution in [-0.4, -0.2) is 42.1 Å². The van der Waals surface area contributed by atoms with Gasteiger partial charge in [-0.15, -0.1) is 0 Å². The Morgan fingerprint density at radius 1 is 1.18 bits per heavy atom. The molecule has 28 heavy (non-hydrogen) atoms. The number of benzene rings is 1. The number of piperazine rings is 1. The summed E-state index contributed by atoms with van der Waals surface area (Å²) in [5.41, 5.74) is 0.129. The van der Waals surface area contributed by atoms with Crippen LogP contribution < -0.4 is 10.2 Å². The van der Waals surface area contributed by atoms with E-state index in [0.717, 1.165) is 17.8 Å². The number of nitrogens with one attached hydrogen (secondary N) is 1. The third-order valence-electron chi connectivity index (χ3n) is 4.66. The quantitative estimate of drug-likeness (QED) is 0.815. The molecule has 0 aliphatic carbocycles. The number of aromatic nitrogens is 1. The van der Waals surface area contributed by atoms with Gasteiger partial charge in [0.05, 0.1) is 16.6 Å². The van der Waals surface area contributed by atoms with Gasteiger partial charge in [0.15, 0.2) is 0 Å². The smallest absolute Gasteiger partial charge is 0.352 e. The van der Waals surface area contributed by atoms with E-state index in [9.17, 15) is 18.0 Å². The van der Waals surface area contributed by atoms with Gasteiger partial charge in [-0.25, -0.2) is 9.78 Å². The van der Waals surface area contributed by atoms with Crippen LogP contribution in [0.15, 0.2) is 42.6 Å². The van der Waals surface area contributed by atoms with Crippen molar-refractivity contribution in [3.63, 3.8) is 0 Å². The molecule has 1 atom stereocenters. The number of carbonyl (C=O) groups is 1. The molecule has 0 bridgehead atoms. The second kappa shape index (κ2) is 8.26. The number of rotatable bonds is 3. The zero-order chi connectivity index (χ0) is 20.3. The van der Waals surface area contributed by atoms with Gasteiger partial charge in [0.25, 0.3) is 0 Å². The Bertz CT molecular complexity index is 824. The lowest BCUT2D eigenvalue weighted by Crippen LogP contribution is -2.52. The third kappa shape index (κ3) is 4.67. The topological polar surface area (TPSA) is 48.5 Å². The number of urea groups is 1. The van der Waals surface area contributed by atoms with Gasteiger partial charge in [-0.2, -0.15) is 13.2 Å². The summed E-state index contributed by atoms with van der Waals surface area (Å²) in [6.07, 6.45) is -3.71. The Hall–Kier alpha value is -2.48. The predicted octanol–water partition coefficient (Wildman–Crippen LogP) is 4.35. The zero-order valence-corrected chi connectivity index (χ0v) is 16.0. The van der Waals surface area contributed by atoms with E-state index in [4.69, 9.17) is 11.6 Å². The van der Waals surface area contributed by atoms with E-state index in [2.05, 4.69) is 10.3 Å². The number of hydrogen-bond donors (Lipinski definition) is 1. The van der Waals surface area contributed by atoms with E-state index in [1.807, 2.05) is 37.3 Å². The van der Waals surface area contributed by atoms with Gasteiger partial charge >= 0.3 is 12.2 Å². The first kappa shape index (κ1) is 20.3. The maximum Gasteiger partial charge on any atom is 0.417 e. The molecule has 9 heteroatoms. The van der Waals surface area contributed by atoms with Crippen LogP contribution in [0, 0.1) is 0 Å². The van der Waals surface area contributed by atoms with E-state index in [0.29, 0.717) is 32.0 Å². The first-order valence-electron chi connectivity index (χ1n) is 8.84. The van der Waals surface area contributed by atoms with Gasteiger partial charge < -0.3 is 15.1 Å². The standard InChI is InChI=1S/C19H20ClF3N4O/c1-13(14-5-3-2-4-6-14)25-18(28)27-9-7-26(8-10-27)17-16(20)11-15(12-24-17)19(21,22)23/h2-6,11-13H,7-10H2,1H3,(H,25,28). The highest BCUT2D eigenvalue weighted by Gasteiger charge is 2.32. The van der Waals surface area contributed by atoms with Gasteiger partial charge in [0.1, 0.15) is 5.82 Å². The summed E-state index contributed by atoms with van der Waals surface area (Å²) >= 11 is 6.01. The number of halogens is 4. The van der Waals surface area contributed by atoms with Crippen LogP contribution in [0.3, 0.4) is 0 Å². The van der Waals surface area contributed by atoms with Gasteiger partial charge in [-0.05, 0) is 18.6 Å². The summed E-state index contributed by atoms with van der Waals surface area (Å²) in [5.74, 6) is 0.298. The lowest BCUT2D eigenvalue weighted by molar-refractivity contribution is -0.137. The molecule has 1 N–H and O–H groups in total. The molecule has 1 unspecified atom stereocenters. The van der Waals surface area contributed by atoms with Gasteiger partial charge in [-0.3, -0.25) is 0 Å². The molecular formula is C19H20ClF3N4O. The summed E-state index contributed by atoms with van der Waals surface area (Å²) in [5, 5.41) is 2.91. The first-order valence-corrected chi connectivity index (χ1v) is 9.21. The highest BCUT2D eigenvalue weighted by molar-refractivity contribution is 6.33. The average molecular weight is 413 g/mol. The summed E-state index contributed by atoms with van der Waals surface area (Å²) in [6.45, 7) is 3.63. The number of anilines is 1. The highest BCUT2D eigenvalue weighted by atomic mass is 35.5. The summed E-state index contributed by atoms with van der Waals surface area (Å²) < 4.78 is 38.2. The monoisotopic (exact) mass is 412 g/mol. The Balaban J connectivity index is 1.58. The number of amides is 2. The normalized spacial score (nSPS) is 16.0. The minimum Gasteiger partial charge on any atom is -0.352 e. The number of alkyl halides is 3. The minimum absolute atomic E-state index is 0.0505. The number of nitrogens with zero attached hydrogens (tertiary/aromatic N) is 3. The van der Waals surface area contributed by atoms with Crippen molar-refractivity contribution < 1.29 is 18.0 Å². The van der Waals surface area contributed by atoms with Gasteiger partial charge in [0, 0.05) is 32.4 Å². The predicted molar refractivity (Wildman–Crippen MR) is 101 cm³/mol. The highest BCUT2D eigenvalue weighted by Crippen LogP contribution is 2.33. The fourth-order valence-electron chi connectivity index (χ4n) is 3.04. The van der Waals surface area contributed by atoms with Crippen LogP contribution in [-0.2, 0) is 6.18 Å². The van der Waals surface area contributed by atoms with E-state index in [1.54, 1.807) is 9.80 Å². The maximum absolute atomic E-state index is 12.7. The lowest BCUT2D eigenvalue weighted by atomic mass is 10.1. The van der Waals surface area contributed by atoms with Crippen LogP contribution >= 0.6 is 11.6 Å². The van der Waals surface area contributed by atoms with Crippen molar-refractivity contribution in [2.24, 2.45) is 0 Å². The molecule has 5 nitrogen and oxygen atoms in total. The molecule has 1 aliphatic heterocycles. The summed E-state index contributed by atoms with van der Waals surface area (Å²) in [6, 6.07) is 10.2. The maximum atomic E-state index is 12.7. The SMILES string of the molecule is CC(NC(=O)N1CCN(c2ncc(C(F)(F)F)cc2Cl)CC1)c1ccccc1. The fraction of sp³-hybridized carbons (Fsp3) is 0.368. The van der Waals surface area contributed by atoms with Crippen LogP contribution in [0.2, 0.25) is 5.02 Å². The average Bonchev–Trinajstić information content (AvgIpc) is 2.68. The van der Waals surface area contributed by atoms with Gasteiger partial charge in [0.2, 0.25) is 0 Å². The van der Waals surface area contributed by atoms with Crippen molar-refractivity contribution in [1.29, 1.82) is 0 Å². The first-order chi connectivity index (χ1) is 13.3. The fourth-order valence-corrected chi connectivity index (χ4v) is 3.33. The minimum atomic E-state index is -4.48. The van der Waals surface area contributed by atoms with Crippen LogP contribution in [0.5, 0.6) is 0 Å². The summed E-state index contributed by atoms with van der Waals surface area (Å²) in [7, 11) is 0. The largest absolute Gasteiger partial charge is 0.417 e. The van der Waals surface area contributed by atoms with Crippen molar-refractivity contribution in [3.8, 4) is 0 Å². The molecule has 0 spiro atoms. The molecule has 2 amide bonds. The molecule has 0 radical (unpaired) electrons. The number of pyridine rings is 1. The van der Waals surface area contributed by atoms with E-state index >= 15 is 0 Å². The Morgan fingerprint density at radius 3 is 2.39 bits per heavy atom. The molecule has 0 saturated carbocycles. The molecule has 1 aromatic carbocycles. The molecule has 1 aliphatic rings. The van der Waals surface area contributed by atoms with Crippen LogP contribution in [0.1, 0.15) is 24.1 Å². The molecule has 2 aromatic rings. The third-order valence-corrected chi connectivity index (χ3v) is 4.93. The van der Waals surface area contributed by atoms with E-state index in [1.165, 1.54) is 0 Å². The summed E-state index contributed by atoms with van der Waals surface area (Å²) in [4.78, 5) is 19.8. The van der Waals surface area contributed by atoms with Crippen molar-refractivity contribution in [2.45, 2.75) is 19.1 Å².